The Hall–Kier alpha value is -4.45. The second-order valence-electron chi connectivity index (χ2n) is 7.02. The molecule has 0 bridgehead atoms. The van der Waals surface area contributed by atoms with Gasteiger partial charge in [0.2, 0.25) is 5.24 Å². The highest BCUT2D eigenvalue weighted by Gasteiger charge is 2.10. The number of aromatic amines is 3. The number of halogens is 1. The lowest BCUT2D eigenvalue weighted by atomic mass is 10.2. The summed E-state index contributed by atoms with van der Waals surface area (Å²) in [6.07, 6.45) is 4.56. The van der Waals surface area contributed by atoms with Crippen LogP contribution in [0.5, 0.6) is 0 Å². The minimum absolute atomic E-state index is 0.0372. The molecule has 0 amide bonds. The Labute approximate surface area is 223 Å². The minimum Gasteiger partial charge on any atom is -0.477 e. The zero-order valence-corrected chi connectivity index (χ0v) is 22.3. The summed E-state index contributed by atoms with van der Waals surface area (Å²) in [5.41, 5.74) is 1.73. The first-order chi connectivity index (χ1) is 17.8. The lowest BCUT2D eigenvalue weighted by Gasteiger charge is -1.96. The minimum atomic E-state index is -1.06. The van der Waals surface area contributed by atoms with Gasteiger partial charge in [-0.3, -0.25) is 14.4 Å². The number of ether oxygens (including phenoxy) is 2. The zero-order chi connectivity index (χ0) is 29.3. The number of carbonyl (C=O) groups excluding carboxylic acids is 5. The third kappa shape index (κ3) is 13.6. The van der Waals surface area contributed by atoms with Gasteiger partial charge in [-0.1, -0.05) is 0 Å². The average molecular weight is 552 g/mol. The van der Waals surface area contributed by atoms with Gasteiger partial charge in [0.25, 0.3) is 0 Å². The standard InChI is InChI=1S/C9H11NO3.C7H7NO3.C7H9NO2.C2H3ClO/c1-3-13-9(12)8-4-7(5-10-8)6(2)11;1-4(9)5-2-6(7(10)11)8-3-5;1-2-10-7(9)6-4-3-5-8-6;1-2(3)4/h4-5,10H,3H2,1-2H3;2-3,8H,1H3,(H,10,11);3-5,8H,2H2,1H3;1H3. The summed E-state index contributed by atoms with van der Waals surface area (Å²) in [7, 11) is 0. The highest BCUT2D eigenvalue weighted by molar-refractivity contribution is 6.62. The van der Waals surface area contributed by atoms with Gasteiger partial charge >= 0.3 is 17.9 Å². The molecule has 3 aromatic rings. The van der Waals surface area contributed by atoms with Crippen LogP contribution >= 0.6 is 11.6 Å². The van der Waals surface area contributed by atoms with Crippen LogP contribution in [-0.2, 0) is 14.3 Å². The van der Waals surface area contributed by atoms with E-state index in [1.807, 2.05) is 0 Å². The SMILES string of the molecule is CC(=O)Cl.CC(=O)c1c[nH]c(C(=O)O)c1.CCOC(=O)c1cc(C(C)=O)c[nH]1.CCOC(=O)c1ccc[nH]1. The van der Waals surface area contributed by atoms with Crippen LogP contribution in [0.1, 0.15) is 86.8 Å². The number of Topliss-reactive ketones (excluding diaryl/α,β-unsaturated/α-hetero) is 2. The molecule has 0 spiro atoms. The quantitative estimate of drug-likeness (QED) is 0.189. The maximum Gasteiger partial charge on any atom is 0.354 e. The van der Waals surface area contributed by atoms with Crippen molar-refractivity contribution in [2.45, 2.75) is 34.6 Å². The predicted molar refractivity (Wildman–Crippen MR) is 138 cm³/mol. The van der Waals surface area contributed by atoms with E-state index in [-0.39, 0.29) is 28.5 Å². The van der Waals surface area contributed by atoms with Crippen molar-refractivity contribution in [2.75, 3.05) is 13.2 Å². The van der Waals surface area contributed by atoms with Crippen molar-refractivity contribution in [2.24, 2.45) is 0 Å². The summed E-state index contributed by atoms with van der Waals surface area (Å²) < 4.78 is 9.46. The number of carboxylic acid groups (broad SMARTS) is 1. The first-order valence-corrected chi connectivity index (χ1v) is 11.5. The van der Waals surface area contributed by atoms with E-state index in [0.717, 1.165) is 0 Å². The largest absolute Gasteiger partial charge is 0.477 e. The molecule has 0 aliphatic heterocycles. The van der Waals surface area contributed by atoms with Crippen molar-refractivity contribution < 1.29 is 43.3 Å². The molecule has 0 fully saturated rings. The molecule has 3 aromatic heterocycles. The smallest absolute Gasteiger partial charge is 0.354 e. The lowest BCUT2D eigenvalue weighted by molar-refractivity contribution is -0.109. The molecule has 0 aliphatic carbocycles. The summed E-state index contributed by atoms with van der Waals surface area (Å²) >= 11 is 4.64. The molecule has 0 saturated carbocycles. The maximum absolute atomic E-state index is 11.1. The topological polar surface area (TPSA) is 188 Å². The van der Waals surface area contributed by atoms with Crippen LogP contribution in [0.4, 0.5) is 0 Å². The predicted octanol–water partition coefficient (Wildman–Crippen LogP) is 4.27. The second-order valence-corrected chi connectivity index (χ2v) is 7.55. The molecule has 0 aromatic carbocycles. The first kappa shape index (κ1) is 33.5. The number of ketones is 2. The Morgan fingerprint density at radius 3 is 1.50 bits per heavy atom. The van der Waals surface area contributed by atoms with E-state index in [2.05, 4.69) is 26.6 Å². The van der Waals surface area contributed by atoms with Crippen LogP contribution in [0.15, 0.2) is 42.9 Å². The Kier molecular flexibility index (Phi) is 15.8. The number of hydrogen-bond acceptors (Lipinski definition) is 8. The molecule has 12 nitrogen and oxygen atoms in total. The van der Waals surface area contributed by atoms with Crippen LogP contribution in [-0.4, -0.2) is 68.0 Å². The molecule has 3 rings (SSSR count). The fraction of sp³-hybridized carbons (Fsp3) is 0.280. The Bertz CT molecular complexity index is 1180. The Morgan fingerprint density at radius 2 is 1.18 bits per heavy atom. The number of hydrogen-bond donors (Lipinski definition) is 4. The third-order valence-electron chi connectivity index (χ3n) is 4.00. The number of esters is 2. The van der Waals surface area contributed by atoms with Crippen molar-refractivity contribution in [1.82, 2.24) is 15.0 Å². The molecule has 3 heterocycles. The van der Waals surface area contributed by atoms with Gasteiger partial charge in [0.1, 0.15) is 17.1 Å². The molecule has 206 valence electrons. The number of carboxylic acids is 1. The van der Waals surface area contributed by atoms with Gasteiger partial charge in [-0.15, -0.1) is 0 Å². The Morgan fingerprint density at radius 1 is 0.763 bits per heavy atom. The van der Waals surface area contributed by atoms with Gasteiger partial charge in [-0.2, -0.15) is 0 Å². The van der Waals surface area contributed by atoms with E-state index in [1.54, 1.807) is 32.2 Å². The van der Waals surface area contributed by atoms with Crippen molar-refractivity contribution in [3.05, 3.63) is 71.1 Å². The number of H-pyrrole nitrogens is 3. The fourth-order valence-electron chi connectivity index (χ4n) is 2.31. The van der Waals surface area contributed by atoms with E-state index >= 15 is 0 Å². The number of rotatable bonds is 7. The third-order valence-corrected chi connectivity index (χ3v) is 4.00. The summed E-state index contributed by atoms with van der Waals surface area (Å²) in [6.45, 7) is 8.37. The molecule has 0 radical (unpaired) electrons. The van der Waals surface area contributed by atoms with E-state index in [9.17, 15) is 28.8 Å². The summed E-state index contributed by atoms with van der Waals surface area (Å²) in [5.74, 6) is -2.01. The number of aromatic carboxylic acids is 1. The van der Waals surface area contributed by atoms with E-state index in [0.29, 0.717) is 35.7 Å². The highest BCUT2D eigenvalue weighted by Crippen LogP contribution is 2.05. The van der Waals surface area contributed by atoms with E-state index in [4.69, 9.17) is 14.6 Å². The Balaban J connectivity index is 0.000000508. The second kappa shape index (κ2) is 17.9. The maximum atomic E-state index is 11.1. The average Bonchev–Trinajstić information content (AvgIpc) is 3.62. The van der Waals surface area contributed by atoms with Gasteiger partial charge in [0.15, 0.2) is 11.6 Å². The highest BCUT2D eigenvalue weighted by atomic mass is 35.5. The van der Waals surface area contributed by atoms with E-state index in [1.165, 1.54) is 45.3 Å². The lowest BCUT2D eigenvalue weighted by Crippen LogP contribution is -2.04. The summed E-state index contributed by atoms with van der Waals surface area (Å²) in [5, 5.41) is 8.08. The first-order valence-electron chi connectivity index (χ1n) is 11.1. The van der Waals surface area contributed by atoms with Crippen LogP contribution in [0.25, 0.3) is 0 Å². The molecule has 0 saturated heterocycles. The van der Waals surface area contributed by atoms with Gasteiger partial charge in [-0.05, 0) is 63.6 Å². The molecular weight excluding hydrogens is 522 g/mol. The van der Waals surface area contributed by atoms with Crippen molar-refractivity contribution in [3.63, 3.8) is 0 Å². The van der Waals surface area contributed by atoms with Gasteiger partial charge in [0.05, 0.1) is 13.2 Å². The molecule has 38 heavy (non-hydrogen) atoms. The number of aromatic nitrogens is 3. The normalized spacial score (nSPS) is 9.21. The summed E-state index contributed by atoms with van der Waals surface area (Å²) in [6, 6.07) is 6.23. The van der Waals surface area contributed by atoms with Crippen LogP contribution in [0, 0.1) is 0 Å². The number of carbonyl (C=O) groups is 6. The molecule has 0 unspecified atom stereocenters. The van der Waals surface area contributed by atoms with Crippen molar-refractivity contribution >= 4 is 46.3 Å². The molecule has 4 N–H and O–H groups in total. The molecule has 0 aliphatic rings. The number of nitrogens with one attached hydrogen (secondary N) is 3. The van der Waals surface area contributed by atoms with Crippen molar-refractivity contribution in [1.29, 1.82) is 0 Å². The molecule has 0 atom stereocenters. The van der Waals surface area contributed by atoms with Crippen molar-refractivity contribution in [3.8, 4) is 0 Å². The van der Waals surface area contributed by atoms with Crippen LogP contribution < -0.4 is 0 Å². The van der Waals surface area contributed by atoms with Gasteiger partial charge in [-0.25, -0.2) is 14.4 Å². The molecule has 13 heteroatoms. The summed E-state index contributed by atoms with van der Waals surface area (Å²) in [4.78, 5) is 70.9. The zero-order valence-electron chi connectivity index (χ0n) is 21.5. The fourth-order valence-corrected chi connectivity index (χ4v) is 2.31. The van der Waals surface area contributed by atoms with E-state index < -0.39 is 11.9 Å². The van der Waals surface area contributed by atoms with Crippen LogP contribution in [0.3, 0.4) is 0 Å². The van der Waals surface area contributed by atoms with Gasteiger partial charge < -0.3 is 29.5 Å². The molecular formula is C25H30ClN3O9. The monoisotopic (exact) mass is 551 g/mol. The van der Waals surface area contributed by atoms with Crippen LogP contribution in [0.2, 0.25) is 0 Å². The van der Waals surface area contributed by atoms with Gasteiger partial charge in [0, 0.05) is 36.6 Å².